The van der Waals surface area contributed by atoms with E-state index in [0.29, 0.717) is 30.3 Å². The number of hydrogen-bond acceptors (Lipinski definition) is 3. The number of benzene rings is 1. The number of hydrogen-bond donors (Lipinski definition) is 0. The van der Waals surface area contributed by atoms with Crippen molar-refractivity contribution in [3.05, 3.63) is 24.3 Å². The van der Waals surface area contributed by atoms with Gasteiger partial charge in [-0.1, -0.05) is 13.8 Å². The molecule has 1 aromatic rings. The van der Waals surface area contributed by atoms with Crippen molar-refractivity contribution >= 4 is 21.6 Å². The second-order valence-corrected chi connectivity index (χ2v) is 8.73. The van der Waals surface area contributed by atoms with Crippen LogP contribution >= 0.6 is 0 Å². The summed E-state index contributed by atoms with van der Waals surface area (Å²) in [4.78, 5) is 13.8. The molecule has 3 rings (SSSR count). The molecule has 0 unspecified atom stereocenters. The van der Waals surface area contributed by atoms with Gasteiger partial charge in [-0.25, -0.2) is 8.42 Å². The zero-order valence-corrected chi connectivity index (χ0v) is 14.6. The number of amides is 1. The van der Waals surface area contributed by atoms with Crippen molar-refractivity contribution in [1.29, 1.82) is 0 Å². The number of nitrogens with zero attached hydrogens (tertiary/aromatic N) is 2. The third-order valence-corrected chi connectivity index (χ3v) is 6.26. The van der Waals surface area contributed by atoms with E-state index in [9.17, 15) is 13.2 Å². The highest BCUT2D eigenvalue weighted by molar-refractivity contribution is 7.89. The minimum Gasteiger partial charge on any atom is -0.312 e. The Morgan fingerprint density at radius 2 is 1.87 bits per heavy atom. The van der Waals surface area contributed by atoms with Crippen molar-refractivity contribution in [2.24, 2.45) is 5.92 Å². The highest BCUT2D eigenvalue weighted by Crippen LogP contribution is 2.33. The van der Waals surface area contributed by atoms with Crippen LogP contribution in [0.4, 0.5) is 5.69 Å². The standard InChI is InChI=1S/C17H24N2O3S/c1-13(2)12-19(15-5-6-15)23(21,22)16-9-7-14(8-10-16)18-11-3-4-17(18)20/h7-10,13,15H,3-6,11-12H2,1-2H3. The van der Waals surface area contributed by atoms with E-state index in [1.807, 2.05) is 13.8 Å². The summed E-state index contributed by atoms with van der Waals surface area (Å²) in [5.41, 5.74) is 0.785. The van der Waals surface area contributed by atoms with Crippen LogP contribution < -0.4 is 4.90 Å². The normalized spacial score (nSPS) is 19.1. The third-order valence-electron chi connectivity index (χ3n) is 4.33. The molecule has 1 aliphatic heterocycles. The Balaban J connectivity index is 1.83. The lowest BCUT2D eigenvalue weighted by molar-refractivity contribution is -0.117. The Kier molecular flexibility index (Phi) is 4.47. The van der Waals surface area contributed by atoms with E-state index < -0.39 is 10.0 Å². The molecule has 23 heavy (non-hydrogen) atoms. The molecule has 1 saturated heterocycles. The summed E-state index contributed by atoms with van der Waals surface area (Å²) < 4.78 is 27.4. The molecule has 0 aromatic heterocycles. The molecule has 5 nitrogen and oxygen atoms in total. The minimum absolute atomic E-state index is 0.111. The Bertz CT molecular complexity index is 678. The molecule has 126 valence electrons. The zero-order chi connectivity index (χ0) is 16.6. The maximum Gasteiger partial charge on any atom is 0.243 e. The van der Waals surface area contributed by atoms with E-state index in [1.54, 1.807) is 33.5 Å². The first-order chi connectivity index (χ1) is 10.9. The molecule has 1 saturated carbocycles. The molecule has 1 heterocycles. The zero-order valence-electron chi connectivity index (χ0n) is 13.7. The molecule has 2 fully saturated rings. The van der Waals surface area contributed by atoms with E-state index in [1.165, 1.54) is 0 Å². The first kappa shape index (κ1) is 16.5. The van der Waals surface area contributed by atoms with Gasteiger partial charge in [0.25, 0.3) is 0 Å². The molecular weight excluding hydrogens is 312 g/mol. The van der Waals surface area contributed by atoms with Gasteiger partial charge in [0.1, 0.15) is 0 Å². The fourth-order valence-corrected chi connectivity index (χ4v) is 4.87. The lowest BCUT2D eigenvalue weighted by Gasteiger charge is -2.24. The molecular formula is C17H24N2O3S. The van der Waals surface area contributed by atoms with Crippen molar-refractivity contribution in [2.45, 2.75) is 50.5 Å². The van der Waals surface area contributed by atoms with Gasteiger partial charge < -0.3 is 4.90 Å². The molecule has 1 amide bonds. The van der Waals surface area contributed by atoms with Gasteiger partial charge >= 0.3 is 0 Å². The quantitative estimate of drug-likeness (QED) is 0.802. The SMILES string of the molecule is CC(C)CN(C1CC1)S(=O)(=O)c1ccc(N2CCCC2=O)cc1. The number of carbonyl (C=O) groups is 1. The third kappa shape index (κ3) is 3.43. The lowest BCUT2D eigenvalue weighted by atomic mass is 10.2. The smallest absolute Gasteiger partial charge is 0.243 e. The van der Waals surface area contributed by atoms with E-state index in [0.717, 1.165) is 24.9 Å². The Labute approximate surface area is 138 Å². The first-order valence-corrected chi connectivity index (χ1v) is 9.76. The largest absolute Gasteiger partial charge is 0.312 e. The fourth-order valence-electron chi connectivity index (χ4n) is 3.02. The van der Waals surface area contributed by atoms with E-state index in [-0.39, 0.29) is 11.9 Å². The van der Waals surface area contributed by atoms with Gasteiger partial charge in [-0.2, -0.15) is 4.31 Å². The van der Waals surface area contributed by atoms with Crippen LogP contribution in [-0.4, -0.2) is 37.8 Å². The molecule has 6 heteroatoms. The average Bonchev–Trinajstić information content (AvgIpc) is 3.26. The van der Waals surface area contributed by atoms with Gasteiger partial charge in [-0.3, -0.25) is 4.79 Å². The Hall–Kier alpha value is -1.40. The predicted molar refractivity (Wildman–Crippen MR) is 89.8 cm³/mol. The molecule has 1 aliphatic carbocycles. The summed E-state index contributed by atoms with van der Waals surface area (Å²) in [7, 11) is -3.46. The molecule has 0 N–H and O–H groups in total. The van der Waals surface area contributed by atoms with Gasteiger partial charge in [0.2, 0.25) is 15.9 Å². The fraction of sp³-hybridized carbons (Fsp3) is 0.588. The van der Waals surface area contributed by atoms with Gasteiger partial charge in [-0.15, -0.1) is 0 Å². The predicted octanol–water partition coefficient (Wildman–Crippen LogP) is 2.62. The summed E-state index contributed by atoms with van der Waals surface area (Å²) in [5.74, 6) is 0.409. The van der Waals surface area contributed by atoms with Crippen LogP contribution in [0.3, 0.4) is 0 Å². The van der Waals surface area contributed by atoms with E-state index >= 15 is 0 Å². The van der Waals surface area contributed by atoms with Crippen molar-refractivity contribution in [3.8, 4) is 0 Å². The summed E-state index contributed by atoms with van der Waals surface area (Å²) in [6.45, 7) is 5.34. The first-order valence-electron chi connectivity index (χ1n) is 8.32. The monoisotopic (exact) mass is 336 g/mol. The van der Waals surface area contributed by atoms with Crippen molar-refractivity contribution < 1.29 is 13.2 Å². The molecule has 2 aliphatic rings. The van der Waals surface area contributed by atoms with Crippen LogP contribution in [0.25, 0.3) is 0 Å². The number of sulfonamides is 1. The number of anilines is 1. The molecule has 0 spiro atoms. The Morgan fingerprint density at radius 3 is 2.35 bits per heavy atom. The van der Waals surface area contributed by atoms with Gasteiger partial charge in [0.05, 0.1) is 4.90 Å². The summed E-state index contributed by atoms with van der Waals surface area (Å²) in [5, 5.41) is 0. The second kappa shape index (κ2) is 6.24. The summed E-state index contributed by atoms with van der Waals surface area (Å²) in [6, 6.07) is 6.91. The maximum atomic E-state index is 12.9. The van der Waals surface area contributed by atoms with Crippen LogP contribution in [0.15, 0.2) is 29.2 Å². The van der Waals surface area contributed by atoms with Crippen LogP contribution in [-0.2, 0) is 14.8 Å². The Morgan fingerprint density at radius 1 is 1.22 bits per heavy atom. The maximum absolute atomic E-state index is 12.9. The number of rotatable bonds is 6. The second-order valence-electron chi connectivity index (χ2n) is 6.84. The molecule has 0 bridgehead atoms. The summed E-state index contributed by atoms with van der Waals surface area (Å²) >= 11 is 0. The highest BCUT2D eigenvalue weighted by Gasteiger charge is 2.38. The minimum atomic E-state index is -3.46. The van der Waals surface area contributed by atoms with Crippen LogP contribution in [0, 0.1) is 5.92 Å². The van der Waals surface area contributed by atoms with Crippen molar-refractivity contribution in [1.82, 2.24) is 4.31 Å². The summed E-state index contributed by atoms with van der Waals surface area (Å²) in [6.07, 6.45) is 3.34. The highest BCUT2D eigenvalue weighted by atomic mass is 32.2. The average molecular weight is 336 g/mol. The van der Waals surface area contributed by atoms with Gasteiger partial charge in [0.15, 0.2) is 0 Å². The van der Waals surface area contributed by atoms with Crippen molar-refractivity contribution in [2.75, 3.05) is 18.0 Å². The van der Waals surface area contributed by atoms with Crippen LogP contribution in [0.5, 0.6) is 0 Å². The molecule has 0 atom stereocenters. The number of carbonyl (C=O) groups excluding carboxylic acids is 1. The molecule has 1 aromatic carbocycles. The van der Waals surface area contributed by atoms with Gasteiger partial charge in [-0.05, 0) is 49.4 Å². The van der Waals surface area contributed by atoms with Crippen LogP contribution in [0.1, 0.15) is 39.5 Å². The van der Waals surface area contributed by atoms with E-state index in [4.69, 9.17) is 0 Å². The molecule has 0 radical (unpaired) electrons. The van der Waals surface area contributed by atoms with E-state index in [2.05, 4.69) is 0 Å². The topological polar surface area (TPSA) is 57.7 Å². The van der Waals surface area contributed by atoms with Crippen LogP contribution in [0.2, 0.25) is 0 Å². The van der Waals surface area contributed by atoms with Gasteiger partial charge in [0, 0.05) is 31.2 Å². The lowest BCUT2D eigenvalue weighted by Crippen LogP contribution is -2.36. The van der Waals surface area contributed by atoms with Crippen molar-refractivity contribution in [3.63, 3.8) is 0 Å².